The molecule has 0 heterocycles. The number of anilines is 1. The summed E-state index contributed by atoms with van der Waals surface area (Å²) >= 11 is 0. The van der Waals surface area contributed by atoms with E-state index in [0.29, 0.717) is 12.0 Å². The van der Waals surface area contributed by atoms with Gasteiger partial charge in [0.2, 0.25) is 0 Å². The van der Waals surface area contributed by atoms with Crippen molar-refractivity contribution >= 4 is 5.69 Å². The van der Waals surface area contributed by atoms with Crippen LogP contribution in [0.4, 0.5) is 10.1 Å². The Morgan fingerprint density at radius 3 is 2.80 bits per heavy atom. The standard InChI is InChI=1S/C11H15FN2O/c1-2-3-4-9(13)7-5-6-8(12)10(14)11(7)15/h2,5-6,9,15H,1,3-4,13-14H2/t9-/m1/s1. The Hall–Kier alpha value is -1.55. The van der Waals surface area contributed by atoms with Gasteiger partial charge in [0, 0.05) is 11.6 Å². The zero-order valence-electron chi connectivity index (χ0n) is 8.41. The number of rotatable bonds is 4. The van der Waals surface area contributed by atoms with Crippen molar-refractivity contribution in [3.63, 3.8) is 0 Å². The number of nitrogen functional groups attached to an aromatic ring is 1. The maximum absolute atomic E-state index is 12.9. The summed E-state index contributed by atoms with van der Waals surface area (Å²) in [4.78, 5) is 0. The third-order valence-corrected chi connectivity index (χ3v) is 2.28. The van der Waals surface area contributed by atoms with Gasteiger partial charge in [0.05, 0.1) is 0 Å². The fourth-order valence-corrected chi connectivity index (χ4v) is 1.35. The highest BCUT2D eigenvalue weighted by molar-refractivity contribution is 5.57. The van der Waals surface area contributed by atoms with Gasteiger partial charge in [-0.3, -0.25) is 0 Å². The van der Waals surface area contributed by atoms with Gasteiger partial charge < -0.3 is 16.6 Å². The van der Waals surface area contributed by atoms with Crippen LogP contribution in [0.5, 0.6) is 5.75 Å². The van der Waals surface area contributed by atoms with Crippen LogP contribution in [0.25, 0.3) is 0 Å². The van der Waals surface area contributed by atoms with E-state index < -0.39 is 5.82 Å². The second-order valence-electron chi connectivity index (χ2n) is 3.37. The fourth-order valence-electron chi connectivity index (χ4n) is 1.35. The summed E-state index contributed by atoms with van der Waals surface area (Å²) in [6.07, 6.45) is 3.11. The average molecular weight is 210 g/mol. The molecule has 0 aliphatic carbocycles. The van der Waals surface area contributed by atoms with Crippen molar-refractivity contribution in [3.8, 4) is 5.75 Å². The molecule has 0 aliphatic rings. The summed E-state index contributed by atoms with van der Waals surface area (Å²) in [5, 5.41) is 9.58. The fraction of sp³-hybridized carbons (Fsp3) is 0.273. The summed E-state index contributed by atoms with van der Waals surface area (Å²) in [6, 6.07) is 2.30. The average Bonchev–Trinajstić information content (AvgIpc) is 2.23. The summed E-state index contributed by atoms with van der Waals surface area (Å²) in [5.74, 6) is -0.890. The lowest BCUT2D eigenvalue weighted by Crippen LogP contribution is -2.11. The number of halogens is 1. The lowest BCUT2D eigenvalue weighted by atomic mass is 10.0. The van der Waals surface area contributed by atoms with Crippen LogP contribution >= 0.6 is 0 Å². The number of aromatic hydroxyl groups is 1. The molecular weight excluding hydrogens is 195 g/mol. The first-order valence-electron chi connectivity index (χ1n) is 4.71. The molecular formula is C11H15FN2O. The number of allylic oxidation sites excluding steroid dienone is 1. The highest BCUT2D eigenvalue weighted by Gasteiger charge is 2.14. The number of nitrogens with two attached hydrogens (primary N) is 2. The first kappa shape index (κ1) is 11.5. The topological polar surface area (TPSA) is 72.3 Å². The lowest BCUT2D eigenvalue weighted by Gasteiger charge is -2.14. The van der Waals surface area contributed by atoms with Crippen LogP contribution in [0.15, 0.2) is 24.8 Å². The maximum Gasteiger partial charge on any atom is 0.149 e. The molecule has 1 aromatic rings. The van der Waals surface area contributed by atoms with E-state index in [1.807, 2.05) is 0 Å². The molecule has 0 fully saturated rings. The Kier molecular flexibility index (Phi) is 3.68. The molecule has 0 saturated heterocycles. The van der Waals surface area contributed by atoms with Gasteiger partial charge in [-0.1, -0.05) is 12.1 Å². The molecule has 1 aromatic carbocycles. The molecule has 4 heteroatoms. The monoisotopic (exact) mass is 210 g/mol. The minimum absolute atomic E-state index is 0.249. The van der Waals surface area contributed by atoms with Crippen LogP contribution in [0.1, 0.15) is 24.4 Å². The predicted molar refractivity (Wildman–Crippen MR) is 58.8 cm³/mol. The van der Waals surface area contributed by atoms with E-state index in [4.69, 9.17) is 11.5 Å². The molecule has 15 heavy (non-hydrogen) atoms. The van der Waals surface area contributed by atoms with Gasteiger partial charge in [-0.15, -0.1) is 6.58 Å². The number of benzene rings is 1. The minimum Gasteiger partial charge on any atom is -0.505 e. The van der Waals surface area contributed by atoms with E-state index in [1.54, 1.807) is 6.08 Å². The van der Waals surface area contributed by atoms with Crippen molar-refractivity contribution in [2.75, 3.05) is 5.73 Å². The van der Waals surface area contributed by atoms with Crippen molar-refractivity contribution in [1.29, 1.82) is 0 Å². The van der Waals surface area contributed by atoms with Crippen LogP contribution in [0.3, 0.4) is 0 Å². The van der Waals surface area contributed by atoms with E-state index >= 15 is 0 Å². The molecule has 0 aromatic heterocycles. The number of hydrogen-bond donors (Lipinski definition) is 3. The van der Waals surface area contributed by atoms with Crippen molar-refractivity contribution < 1.29 is 9.50 Å². The molecule has 0 aliphatic heterocycles. The van der Waals surface area contributed by atoms with E-state index in [9.17, 15) is 9.50 Å². The Morgan fingerprint density at radius 2 is 2.20 bits per heavy atom. The Bertz CT molecular complexity index is 366. The molecule has 5 N–H and O–H groups in total. The van der Waals surface area contributed by atoms with Gasteiger partial charge in [0.15, 0.2) is 0 Å². The maximum atomic E-state index is 12.9. The first-order valence-corrected chi connectivity index (χ1v) is 4.71. The van der Waals surface area contributed by atoms with E-state index in [0.717, 1.165) is 6.42 Å². The van der Waals surface area contributed by atoms with Gasteiger partial charge in [-0.2, -0.15) is 0 Å². The quantitative estimate of drug-likeness (QED) is 0.404. The van der Waals surface area contributed by atoms with E-state index in [1.165, 1.54) is 12.1 Å². The molecule has 82 valence electrons. The third kappa shape index (κ3) is 2.47. The molecule has 3 nitrogen and oxygen atoms in total. The molecule has 0 radical (unpaired) electrons. The van der Waals surface area contributed by atoms with Crippen LogP contribution < -0.4 is 11.5 Å². The Labute approximate surface area is 88.2 Å². The summed E-state index contributed by atoms with van der Waals surface area (Å²) in [7, 11) is 0. The molecule has 0 bridgehead atoms. The second kappa shape index (κ2) is 4.79. The smallest absolute Gasteiger partial charge is 0.149 e. The van der Waals surface area contributed by atoms with Crippen molar-refractivity contribution in [1.82, 2.24) is 0 Å². The second-order valence-corrected chi connectivity index (χ2v) is 3.37. The Morgan fingerprint density at radius 1 is 1.53 bits per heavy atom. The van der Waals surface area contributed by atoms with Crippen LogP contribution in [0.2, 0.25) is 0 Å². The first-order chi connectivity index (χ1) is 7.07. The molecule has 0 amide bonds. The summed E-state index contributed by atoms with van der Waals surface area (Å²) in [6.45, 7) is 3.58. The molecule has 1 rings (SSSR count). The minimum atomic E-state index is -0.632. The van der Waals surface area contributed by atoms with Gasteiger partial charge in [-0.05, 0) is 18.9 Å². The Balaban J connectivity index is 2.94. The van der Waals surface area contributed by atoms with E-state index in [-0.39, 0.29) is 17.5 Å². The summed E-state index contributed by atoms with van der Waals surface area (Å²) in [5.41, 5.74) is 11.4. The summed E-state index contributed by atoms with van der Waals surface area (Å²) < 4.78 is 12.9. The molecule has 0 saturated carbocycles. The normalized spacial score (nSPS) is 12.4. The van der Waals surface area contributed by atoms with Gasteiger partial charge >= 0.3 is 0 Å². The molecule has 0 spiro atoms. The largest absolute Gasteiger partial charge is 0.505 e. The highest BCUT2D eigenvalue weighted by Crippen LogP contribution is 2.32. The zero-order valence-corrected chi connectivity index (χ0v) is 8.41. The number of hydrogen-bond acceptors (Lipinski definition) is 3. The lowest BCUT2D eigenvalue weighted by molar-refractivity contribution is 0.456. The van der Waals surface area contributed by atoms with E-state index in [2.05, 4.69) is 6.58 Å². The van der Waals surface area contributed by atoms with Crippen molar-refractivity contribution in [2.24, 2.45) is 5.73 Å². The van der Waals surface area contributed by atoms with Crippen molar-refractivity contribution in [3.05, 3.63) is 36.2 Å². The van der Waals surface area contributed by atoms with Crippen LogP contribution in [-0.4, -0.2) is 5.11 Å². The van der Waals surface area contributed by atoms with Crippen LogP contribution in [0, 0.1) is 5.82 Å². The van der Waals surface area contributed by atoms with Crippen molar-refractivity contribution in [2.45, 2.75) is 18.9 Å². The third-order valence-electron chi connectivity index (χ3n) is 2.28. The van der Waals surface area contributed by atoms with Crippen LogP contribution in [-0.2, 0) is 0 Å². The van der Waals surface area contributed by atoms with Gasteiger partial charge in [0.1, 0.15) is 17.3 Å². The highest BCUT2D eigenvalue weighted by atomic mass is 19.1. The zero-order chi connectivity index (χ0) is 11.4. The molecule has 1 atom stereocenters. The van der Waals surface area contributed by atoms with Gasteiger partial charge in [0.25, 0.3) is 0 Å². The SMILES string of the molecule is C=CCC[C@@H](N)c1ccc(F)c(N)c1O. The predicted octanol–water partition coefficient (Wildman–Crippen LogP) is 2.08. The number of phenolic OH excluding ortho intramolecular Hbond substituents is 1. The van der Waals surface area contributed by atoms with Gasteiger partial charge in [-0.25, -0.2) is 4.39 Å². The number of phenols is 1. The molecule has 0 unspecified atom stereocenters.